The lowest BCUT2D eigenvalue weighted by Crippen LogP contribution is -2.19. The lowest BCUT2D eigenvalue weighted by atomic mass is 9.85. The average molecular weight is 358 g/mol. The van der Waals surface area contributed by atoms with Gasteiger partial charge in [-0.25, -0.2) is 0 Å². The van der Waals surface area contributed by atoms with Crippen LogP contribution < -0.4 is 9.47 Å². The van der Waals surface area contributed by atoms with Crippen LogP contribution in [0.1, 0.15) is 44.9 Å². The number of esters is 3. The number of rotatable bonds is 3. The molecule has 0 aromatic heterocycles. The molecule has 0 amide bonds. The van der Waals surface area contributed by atoms with Gasteiger partial charge in [-0.3, -0.25) is 14.4 Å². The molecule has 7 nitrogen and oxygen atoms in total. The van der Waals surface area contributed by atoms with Gasteiger partial charge in [-0.1, -0.05) is 0 Å². The van der Waals surface area contributed by atoms with E-state index >= 15 is 0 Å². The molecule has 26 heavy (non-hydrogen) atoms. The second-order valence-electron chi connectivity index (χ2n) is 6.03. The van der Waals surface area contributed by atoms with Crippen LogP contribution in [0.3, 0.4) is 0 Å². The molecule has 1 atom stereocenters. The van der Waals surface area contributed by atoms with Gasteiger partial charge in [-0.15, -0.1) is 0 Å². The Bertz CT molecular complexity index is 876. The number of allylic oxidation sites excluding steroid dienone is 1. The van der Waals surface area contributed by atoms with E-state index in [-0.39, 0.29) is 11.5 Å². The van der Waals surface area contributed by atoms with Crippen molar-refractivity contribution in [3.8, 4) is 11.5 Å². The van der Waals surface area contributed by atoms with Crippen molar-refractivity contribution in [1.29, 1.82) is 0 Å². The minimum atomic E-state index is -0.772. The number of hydrogen-bond donors (Lipinski definition) is 0. The number of hydrogen-bond acceptors (Lipinski definition) is 7. The maximum Gasteiger partial charge on any atom is 0.308 e. The van der Waals surface area contributed by atoms with E-state index in [4.69, 9.17) is 18.9 Å². The van der Waals surface area contributed by atoms with E-state index in [0.29, 0.717) is 23.5 Å². The van der Waals surface area contributed by atoms with Gasteiger partial charge in [0.2, 0.25) is 0 Å². The van der Waals surface area contributed by atoms with Gasteiger partial charge in [0.15, 0.2) is 6.10 Å². The molecule has 1 aromatic carbocycles. The maximum absolute atomic E-state index is 11.7. The summed E-state index contributed by atoms with van der Waals surface area (Å²) >= 11 is 0. The van der Waals surface area contributed by atoms with Crippen molar-refractivity contribution in [2.24, 2.45) is 0 Å². The first-order valence-electron chi connectivity index (χ1n) is 8.02. The minimum Gasteiger partial charge on any atom is -0.493 e. The zero-order valence-corrected chi connectivity index (χ0v) is 14.9. The Hall–Kier alpha value is -3.09. The van der Waals surface area contributed by atoms with Gasteiger partial charge < -0.3 is 18.9 Å². The summed E-state index contributed by atoms with van der Waals surface area (Å²) in [6.45, 7) is 5.98. The van der Waals surface area contributed by atoms with E-state index in [0.717, 1.165) is 11.1 Å². The van der Waals surface area contributed by atoms with Crippen LogP contribution in [0, 0.1) is 0 Å². The molecule has 7 heteroatoms. The standard InChI is InChI=1S/C19H18O7/c1-9-17-14(8-23-9)5-13-6-15(24-10(2)20)7-16(25-11(3)21)18(13)19(17)26-12(4)22/h5-7,19H,8H2,1-4H3. The lowest BCUT2D eigenvalue weighted by molar-refractivity contribution is -0.145. The monoisotopic (exact) mass is 358 g/mol. The summed E-state index contributed by atoms with van der Waals surface area (Å²) in [5.74, 6) is -0.483. The van der Waals surface area contributed by atoms with E-state index in [2.05, 4.69) is 0 Å². The summed E-state index contributed by atoms with van der Waals surface area (Å²) in [7, 11) is 0. The van der Waals surface area contributed by atoms with Crippen LogP contribution in [0.15, 0.2) is 29.0 Å². The molecule has 0 N–H and O–H groups in total. The quantitative estimate of drug-likeness (QED) is 0.606. The number of ether oxygens (including phenoxy) is 4. The topological polar surface area (TPSA) is 88.1 Å². The molecule has 1 aliphatic heterocycles. The van der Waals surface area contributed by atoms with Gasteiger partial charge >= 0.3 is 17.9 Å². The van der Waals surface area contributed by atoms with E-state index in [9.17, 15) is 14.4 Å². The van der Waals surface area contributed by atoms with Gasteiger partial charge in [0.05, 0.1) is 0 Å². The lowest BCUT2D eigenvalue weighted by Gasteiger charge is -2.27. The normalized spacial score (nSPS) is 17.5. The Labute approximate surface area is 150 Å². The summed E-state index contributed by atoms with van der Waals surface area (Å²) in [6, 6.07) is 3.07. The van der Waals surface area contributed by atoms with Gasteiger partial charge in [0.1, 0.15) is 23.9 Å². The minimum absolute atomic E-state index is 0.167. The molecule has 0 saturated carbocycles. The highest BCUT2D eigenvalue weighted by Crippen LogP contribution is 2.48. The van der Waals surface area contributed by atoms with E-state index in [1.54, 1.807) is 13.0 Å². The van der Waals surface area contributed by atoms with Gasteiger partial charge in [0.25, 0.3) is 0 Å². The van der Waals surface area contributed by atoms with Crippen molar-refractivity contribution in [2.75, 3.05) is 6.61 Å². The second kappa shape index (κ2) is 6.67. The SMILES string of the molecule is CC(=O)Oc1cc2c(c(OC(C)=O)c1)C(OC(C)=O)C1=C(C)OCC1=C2. The highest BCUT2D eigenvalue weighted by atomic mass is 16.6. The summed E-state index contributed by atoms with van der Waals surface area (Å²) in [6.07, 6.45) is 1.08. The zero-order valence-electron chi connectivity index (χ0n) is 14.9. The fraction of sp³-hybridized carbons (Fsp3) is 0.316. The van der Waals surface area contributed by atoms with Crippen molar-refractivity contribution < 1.29 is 33.3 Å². The van der Waals surface area contributed by atoms with Crippen LogP contribution in [0.5, 0.6) is 11.5 Å². The van der Waals surface area contributed by atoms with Crippen LogP contribution in [-0.2, 0) is 23.9 Å². The third kappa shape index (κ3) is 3.33. The molecule has 0 bridgehead atoms. The van der Waals surface area contributed by atoms with Crippen LogP contribution in [-0.4, -0.2) is 24.5 Å². The first-order valence-corrected chi connectivity index (χ1v) is 8.02. The maximum atomic E-state index is 11.7. The van der Waals surface area contributed by atoms with Gasteiger partial charge in [0, 0.05) is 43.5 Å². The summed E-state index contributed by atoms with van der Waals surface area (Å²) in [5.41, 5.74) is 2.73. The first kappa shape index (κ1) is 17.7. The zero-order chi connectivity index (χ0) is 19.0. The highest BCUT2D eigenvalue weighted by Gasteiger charge is 2.37. The number of fused-ring (bicyclic) bond motifs is 2. The van der Waals surface area contributed by atoms with Crippen LogP contribution in [0.25, 0.3) is 6.08 Å². The molecular weight excluding hydrogens is 340 g/mol. The molecule has 1 unspecified atom stereocenters. The largest absolute Gasteiger partial charge is 0.493 e. The van der Waals surface area contributed by atoms with Crippen LogP contribution in [0.4, 0.5) is 0 Å². The van der Waals surface area contributed by atoms with E-state index < -0.39 is 24.0 Å². The van der Waals surface area contributed by atoms with Crippen molar-refractivity contribution in [1.82, 2.24) is 0 Å². The van der Waals surface area contributed by atoms with Gasteiger partial charge in [-0.05, 0) is 24.6 Å². The second-order valence-corrected chi connectivity index (χ2v) is 6.03. The van der Waals surface area contributed by atoms with Crippen LogP contribution in [0.2, 0.25) is 0 Å². The molecule has 0 saturated heterocycles. The molecule has 1 aromatic rings. The molecule has 2 aliphatic rings. The molecular formula is C19H18O7. The molecule has 3 rings (SSSR count). The number of carbonyl (C=O) groups excluding carboxylic acids is 3. The molecule has 1 aliphatic carbocycles. The van der Waals surface area contributed by atoms with Gasteiger partial charge in [-0.2, -0.15) is 0 Å². The Morgan fingerprint density at radius 3 is 2.35 bits per heavy atom. The Kier molecular flexibility index (Phi) is 4.54. The average Bonchev–Trinajstić information content (AvgIpc) is 2.86. The fourth-order valence-electron chi connectivity index (χ4n) is 3.14. The molecule has 0 radical (unpaired) electrons. The fourth-order valence-corrected chi connectivity index (χ4v) is 3.14. The first-order chi connectivity index (χ1) is 12.3. The van der Waals surface area contributed by atoms with Crippen molar-refractivity contribution >= 4 is 24.0 Å². The smallest absolute Gasteiger partial charge is 0.308 e. The summed E-state index contributed by atoms with van der Waals surface area (Å²) < 4.78 is 21.6. The Balaban J connectivity index is 2.23. The van der Waals surface area contributed by atoms with Crippen LogP contribution >= 0.6 is 0 Å². The Morgan fingerprint density at radius 1 is 1.04 bits per heavy atom. The van der Waals surface area contributed by atoms with Crippen molar-refractivity contribution in [3.63, 3.8) is 0 Å². The van der Waals surface area contributed by atoms with Crippen molar-refractivity contribution in [2.45, 2.75) is 33.8 Å². The Morgan fingerprint density at radius 2 is 1.73 bits per heavy atom. The molecule has 0 spiro atoms. The number of carbonyl (C=O) groups is 3. The number of benzene rings is 1. The third-order valence-corrected chi connectivity index (χ3v) is 3.97. The predicted octanol–water partition coefficient (Wildman–Crippen LogP) is 2.84. The predicted molar refractivity (Wildman–Crippen MR) is 90.2 cm³/mol. The summed E-state index contributed by atoms with van der Waals surface area (Å²) in [4.78, 5) is 34.6. The molecule has 136 valence electrons. The van der Waals surface area contributed by atoms with Crippen molar-refractivity contribution in [3.05, 3.63) is 40.2 Å². The summed E-state index contributed by atoms with van der Waals surface area (Å²) in [5, 5.41) is 0. The van der Waals surface area contributed by atoms with E-state index in [1.165, 1.54) is 26.8 Å². The molecule has 1 heterocycles. The molecule has 0 fully saturated rings. The van der Waals surface area contributed by atoms with E-state index in [1.807, 2.05) is 6.08 Å². The highest BCUT2D eigenvalue weighted by molar-refractivity contribution is 5.79. The third-order valence-electron chi connectivity index (χ3n) is 3.97.